The summed E-state index contributed by atoms with van der Waals surface area (Å²) in [6.45, 7) is -1.77. The summed E-state index contributed by atoms with van der Waals surface area (Å²) < 4.78 is 29.4. The number of anilines is 1. The SMILES string of the molecule is O=C(O)c1csc(SCCN2C(=O)CCC2CNc2ccc(OC(F)F)cc2)n1. The lowest BCUT2D eigenvalue weighted by atomic mass is 10.2. The molecule has 3 rings (SSSR count). The zero-order valence-electron chi connectivity index (χ0n) is 15.2. The Hall–Kier alpha value is -2.40. The van der Waals surface area contributed by atoms with Gasteiger partial charge in [0.15, 0.2) is 10.0 Å². The maximum Gasteiger partial charge on any atom is 0.387 e. The Kier molecular flexibility index (Phi) is 7.26. The van der Waals surface area contributed by atoms with E-state index in [1.54, 1.807) is 12.1 Å². The van der Waals surface area contributed by atoms with Gasteiger partial charge in [0.1, 0.15) is 5.75 Å². The van der Waals surface area contributed by atoms with Gasteiger partial charge in [-0.3, -0.25) is 4.79 Å². The van der Waals surface area contributed by atoms with Crippen molar-refractivity contribution in [3.8, 4) is 5.75 Å². The summed E-state index contributed by atoms with van der Waals surface area (Å²) in [7, 11) is 0. The number of ether oxygens (including phenoxy) is 1. The molecule has 0 radical (unpaired) electrons. The third-order valence-electron chi connectivity index (χ3n) is 4.33. The van der Waals surface area contributed by atoms with Crippen LogP contribution in [0.2, 0.25) is 0 Å². The molecule has 1 aliphatic rings. The molecule has 1 aromatic carbocycles. The fourth-order valence-electron chi connectivity index (χ4n) is 2.96. The van der Waals surface area contributed by atoms with Crippen molar-refractivity contribution in [3.05, 3.63) is 35.3 Å². The molecule has 11 heteroatoms. The number of amides is 1. The number of thiazole rings is 1. The average molecular weight is 443 g/mol. The minimum atomic E-state index is -2.86. The molecule has 7 nitrogen and oxygen atoms in total. The standard InChI is InChI=1S/C18H19F2N3O4S2/c19-17(20)27-13-4-1-11(2-5-13)21-9-12-3-6-15(24)23(12)7-8-28-18-22-14(10-29-18)16(25)26/h1-2,4-5,10,12,17,21H,3,6-9H2,(H,25,26). The molecule has 1 fully saturated rings. The van der Waals surface area contributed by atoms with E-state index in [-0.39, 0.29) is 23.4 Å². The number of alkyl halides is 2. The summed E-state index contributed by atoms with van der Waals surface area (Å²) in [5, 5.41) is 13.6. The smallest absolute Gasteiger partial charge is 0.387 e. The van der Waals surface area contributed by atoms with Crippen LogP contribution in [0.15, 0.2) is 34.0 Å². The van der Waals surface area contributed by atoms with Gasteiger partial charge >= 0.3 is 12.6 Å². The molecule has 1 saturated heterocycles. The molecule has 0 aliphatic carbocycles. The van der Waals surface area contributed by atoms with E-state index in [0.717, 1.165) is 12.1 Å². The summed E-state index contributed by atoms with van der Waals surface area (Å²) in [6, 6.07) is 6.25. The lowest BCUT2D eigenvalue weighted by molar-refractivity contribution is -0.128. The lowest BCUT2D eigenvalue weighted by Gasteiger charge is -2.25. The predicted octanol–water partition coefficient (Wildman–Crippen LogP) is 3.64. The van der Waals surface area contributed by atoms with Crippen LogP contribution in [0.1, 0.15) is 23.3 Å². The number of likely N-dealkylation sites (tertiary alicyclic amines) is 1. The third kappa shape index (κ3) is 6.04. The molecule has 2 heterocycles. The number of carbonyl (C=O) groups is 2. The van der Waals surface area contributed by atoms with Gasteiger partial charge in [-0.1, -0.05) is 11.8 Å². The quantitative estimate of drug-likeness (QED) is 0.542. The van der Waals surface area contributed by atoms with Crippen LogP contribution in [-0.4, -0.2) is 58.4 Å². The fraction of sp³-hybridized carbons (Fsp3) is 0.389. The first-order valence-electron chi connectivity index (χ1n) is 8.82. The highest BCUT2D eigenvalue weighted by Gasteiger charge is 2.30. The van der Waals surface area contributed by atoms with E-state index in [1.165, 1.54) is 40.6 Å². The number of rotatable bonds is 10. The van der Waals surface area contributed by atoms with E-state index in [2.05, 4.69) is 15.0 Å². The van der Waals surface area contributed by atoms with Crippen LogP contribution in [0.25, 0.3) is 0 Å². The predicted molar refractivity (Wildman–Crippen MR) is 106 cm³/mol. The van der Waals surface area contributed by atoms with E-state index < -0.39 is 12.6 Å². The number of hydrogen-bond acceptors (Lipinski definition) is 7. The summed E-state index contributed by atoms with van der Waals surface area (Å²) >= 11 is 2.70. The van der Waals surface area contributed by atoms with E-state index >= 15 is 0 Å². The van der Waals surface area contributed by atoms with Crippen LogP contribution in [0.3, 0.4) is 0 Å². The van der Waals surface area contributed by atoms with Gasteiger partial charge in [-0.05, 0) is 30.7 Å². The molecule has 29 heavy (non-hydrogen) atoms. The Balaban J connectivity index is 1.47. The second-order valence-electron chi connectivity index (χ2n) is 6.22. The summed E-state index contributed by atoms with van der Waals surface area (Å²) in [6.07, 6.45) is 1.22. The first kappa shape index (κ1) is 21.3. The minimum absolute atomic E-state index is 0.0294. The van der Waals surface area contributed by atoms with Crippen molar-refractivity contribution in [3.63, 3.8) is 0 Å². The van der Waals surface area contributed by atoms with Crippen molar-refractivity contribution in [1.82, 2.24) is 9.88 Å². The molecule has 1 aliphatic heterocycles. The van der Waals surface area contributed by atoms with Crippen molar-refractivity contribution < 1.29 is 28.2 Å². The van der Waals surface area contributed by atoms with Gasteiger partial charge in [0.25, 0.3) is 0 Å². The number of aromatic carboxylic acids is 1. The van der Waals surface area contributed by atoms with Gasteiger partial charge in [-0.15, -0.1) is 11.3 Å². The largest absolute Gasteiger partial charge is 0.476 e. The molecule has 2 N–H and O–H groups in total. The Morgan fingerprint density at radius 2 is 2.17 bits per heavy atom. The Bertz CT molecular complexity index is 848. The normalized spacial score (nSPS) is 16.4. The van der Waals surface area contributed by atoms with Gasteiger partial charge < -0.3 is 20.1 Å². The van der Waals surface area contributed by atoms with Crippen LogP contribution >= 0.6 is 23.1 Å². The van der Waals surface area contributed by atoms with Crippen LogP contribution < -0.4 is 10.1 Å². The molecule has 1 atom stereocenters. The van der Waals surface area contributed by atoms with Crippen molar-refractivity contribution in [2.24, 2.45) is 0 Å². The second-order valence-corrected chi connectivity index (χ2v) is 8.42. The minimum Gasteiger partial charge on any atom is -0.476 e. The molecule has 1 amide bonds. The number of aromatic nitrogens is 1. The number of carbonyl (C=O) groups excluding carboxylic acids is 1. The highest BCUT2D eigenvalue weighted by Crippen LogP contribution is 2.25. The van der Waals surface area contributed by atoms with Crippen LogP contribution in [0.5, 0.6) is 5.75 Å². The van der Waals surface area contributed by atoms with Crippen molar-refractivity contribution in [2.75, 3.05) is 24.2 Å². The third-order valence-corrected chi connectivity index (χ3v) is 6.33. The molecule has 156 valence electrons. The molecule has 0 bridgehead atoms. The van der Waals surface area contributed by atoms with Gasteiger partial charge in [-0.25, -0.2) is 9.78 Å². The highest BCUT2D eigenvalue weighted by atomic mass is 32.2. The van der Waals surface area contributed by atoms with Gasteiger partial charge in [0, 0.05) is 42.4 Å². The maximum atomic E-state index is 12.2. The summed E-state index contributed by atoms with van der Waals surface area (Å²) in [5.41, 5.74) is 0.783. The highest BCUT2D eigenvalue weighted by molar-refractivity contribution is 8.01. The lowest BCUT2D eigenvalue weighted by Crippen LogP contribution is -2.39. The topological polar surface area (TPSA) is 91.8 Å². The Morgan fingerprint density at radius 1 is 1.41 bits per heavy atom. The van der Waals surface area contributed by atoms with Crippen LogP contribution in [0.4, 0.5) is 14.5 Å². The van der Waals surface area contributed by atoms with E-state index in [9.17, 15) is 18.4 Å². The van der Waals surface area contributed by atoms with Crippen molar-refractivity contribution >= 4 is 40.7 Å². The molecule has 2 aromatic rings. The van der Waals surface area contributed by atoms with Gasteiger partial charge in [0.05, 0.1) is 0 Å². The van der Waals surface area contributed by atoms with Gasteiger partial charge in [-0.2, -0.15) is 8.78 Å². The van der Waals surface area contributed by atoms with E-state index in [1.807, 2.05) is 4.90 Å². The molecule has 1 unspecified atom stereocenters. The first-order chi connectivity index (χ1) is 13.9. The molecule has 1 aromatic heterocycles. The number of benzene rings is 1. The molecule has 0 spiro atoms. The zero-order chi connectivity index (χ0) is 20.8. The molecular weight excluding hydrogens is 424 g/mol. The van der Waals surface area contributed by atoms with Crippen molar-refractivity contribution in [2.45, 2.75) is 29.8 Å². The summed E-state index contributed by atoms with van der Waals surface area (Å²) in [4.78, 5) is 28.9. The van der Waals surface area contributed by atoms with E-state index in [4.69, 9.17) is 5.11 Å². The number of carboxylic acids is 1. The van der Waals surface area contributed by atoms with Crippen molar-refractivity contribution in [1.29, 1.82) is 0 Å². The number of halogens is 2. The van der Waals surface area contributed by atoms with Gasteiger partial charge in [0.2, 0.25) is 5.91 Å². The number of nitrogens with one attached hydrogen (secondary N) is 1. The maximum absolute atomic E-state index is 12.2. The first-order valence-corrected chi connectivity index (χ1v) is 10.7. The van der Waals surface area contributed by atoms with E-state index in [0.29, 0.717) is 29.6 Å². The monoisotopic (exact) mass is 443 g/mol. The number of nitrogens with zero attached hydrogens (tertiary/aromatic N) is 2. The molecular formula is C18H19F2N3O4S2. The second kappa shape index (κ2) is 9.88. The zero-order valence-corrected chi connectivity index (χ0v) is 16.8. The Labute approximate surface area is 174 Å². The molecule has 0 saturated carbocycles. The summed E-state index contributed by atoms with van der Waals surface area (Å²) in [5.74, 6) is -0.256. The number of thioether (sulfide) groups is 1. The fourth-order valence-corrected chi connectivity index (χ4v) is 4.76. The van der Waals surface area contributed by atoms with Crippen LogP contribution in [0, 0.1) is 0 Å². The van der Waals surface area contributed by atoms with Crippen LogP contribution in [-0.2, 0) is 4.79 Å². The number of hydrogen-bond donors (Lipinski definition) is 2. The number of carboxylic acid groups (broad SMARTS) is 1. The Morgan fingerprint density at radius 3 is 2.83 bits per heavy atom. The average Bonchev–Trinajstić information content (AvgIpc) is 3.29.